The smallest absolute Gasteiger partial charge is 0.340 e. The summed E-state index contributed by atoms with van der Waals surface area (Å²) in [7, 11) is 2.96. The fraction of sp³-hybridized carbons (Fsp3) is 0.314. The van der Waals surface area contributed by atoms with Gasteiger partial charge in [-0.2, -0.15) is 0 Å². The third kappa shape index (κ3) is 6.80. The van der Waals surface area contributed by atoms with Gasteiger partial charge in [-0.05, 0) is 69.0 Å². The number of methoxy groups -OCH3 is 2. The van der Waals surface area contributed by atoms with Crippen molar-refractivity contribution in [3.63, 3.8) is 0 Å². The predicted octanol–water partition coefficient (Wildman–Crippen LogP) is 6.54. The molecule has 0 radical (unpaired) electrons. The molecule has 1 unspecified atom stereocenters. The highest BCUT2D eigenvalue weighted by Gasteiger charge is 2.31. The Kier molecular flexibility index (Phi) is 9.70. The van der Waals surface area contributed by atoms with Gasteiger partial charge in [0.2, 0.25) is 5.88 Å². The average molecular weight is 672 g/mol. The van der Waals surface area contributed by atoms with Crippen molar-refractivity contribution in [1.29, 1.82) is 0 Å². The fourth-order valence-electron chi connectivity index (χ4n) is 6.04. The number of halogens is 1. The standard InChI is InChI=1S/C35H34ClN5O5S/c1-20-13-26(34-33(39-20)28(19-47-34)35(43)45-4)25-15-23(36)5-8-31(25)46-12-11-41-21(2)40-29-7-6-24(16-27(29)30(41)18-42)38-17-22-9-10-37-32(14-22)44-3/h5,8-10,13-15,19,24,38H,6-7,11-12,16-17H2,1-4H3. The molecular formula is C35H34ClN5O5S. The number of rotatable bonds is 10. The van der Waals surface area contributed by atoms with E-state index in [1.807, 2.05) is 49.1 Å². The maximum absolute atomic E-state index is 12.4. The van der Waals surface area contributed by atoms with E-state index in [1.54, 1.807) is 24.8 Å². The number of carbonyl (C=O) groups excluding carboxylic acids is 2. The number of amidine groups is 1. The van der Waals surface area contributed by atoms with E-state index in [-0.39, 0.29) is 12.6 Å². The molecule has 1 N–H and O–H groups in total. The van der Waals surface area contributed by atoms with Crippen LogP contribution >= 0.6 is 22.9 Å². The summed E-state index contributed by atoms with van der Waals surface area (Å²) in [5, 5.41) is 5.93. The van der Waals surface area contributed by atoms with Crippen LogP contribution in [0.25, 0.3) is 21.3 Å². The zero-order chi connectivity index (χ0) is 33.1. The third-order valence-corrected chi connectivity index (χ3v) is 9.57. The summed E-state index contributed by atoms with van der Waals surface area (Å²) in [6.45, 7) is 5.11. The number of pyridine rings is 2. The van der Waals surface area contributed by atoms with Crippen LogP contribution in [-0.4, -0.2) is 66.0 Å². The molecule has 242 valence electrons. The summed E-state index contributed by atoms with van der Waals surface area (Å²) in [5.41, 5.74) is 6.82. The van der Waals surface area contributed by atoms with Gasteiger partial charge in [-0.1, -0.05) is 11.6 Å². The van der Waals surface area contributed by atoms with Crippen LogP contribution in [0, 0.1) is 6.92 Å². The second-order valence-electron chi connectivity index (χ2n) is 11.3. The molecule has 0 bridgehead atoms. The Morgan fingerprint density at radius 1 is 1.17 bits per heavy atom. The lowest BCUT2D eigenvalue weighted by Crippen LogP contribution is -2.39. The van der Waals surface area contributed by atoms with E-state index in [2.05, 4.69) is 21.2 Å². The predicted molar refractivity (Wildman–Crippen MR) is 183 cm³/mol. The molecule has 0 spiro atoms. The van der Waals surface area contributed by atoms with E-state index in [0.29, 0.717) is 52.9 Å². The van der Waals surface area contributed by atoms with E-state index in [9.17, 15) is 9.59 Å². The number of nitrogens with one attached hydrogen (secondary N) is 1. The number of ether oxygens (including phenoxy) is 3. The van der Waals surface area contributed by atoms with Crippen molar-refractivity contribution < 1.29 is 23.8 Å². The summed E-state index contributed by atoms with van der Waals surface area (Å²) in [4.78, 5) is 40.4. The molecule has 4 heterocycles. The first-order valence-corrected chi connectivity index (χ1v) is 16.5. The Labute approximate surface area is 281 Å². The number of fused-ring (bicyclic) bond motifs is 1. The molecule has 12 heteroatoms. The van der Waals surface area contributed by atoms with Crippen molar-refractivity contribution in [2.24, 2.45) is 4.99 Å². The highest BCUT2D eigenvalue weighted by atomic mass is 35.5. The van der Waals surface area contributed by atoms with Crippen LogP contribution in [0.1, 0.15) is 47.8 Å². The Balaban J connectivity index is 1.18. The minimum atomic E-state index is -0.437. The van der Waals surface area contributed by atoms with Gasteiger partial charge >= 0.3 is 5.97 Å². The molecule has 0 saturated carbocycles. The quantitative estimate of drug-likeness (QED) is 0.148. The number of aromatic nitrogens is 2. The zero-order valence-electron chi connectivity index (χ0n) is 26.6. The van der Waals surface area contributed by atoms with Crippen molar-refractivity contribution in [3.8, 4) is 22.8 Å². The van der Waals surface area contributed by atoms with Gasteiger partial charge in [0.25, 0.3) is 0 Å². The maximum atomic E-state index is 12.4. The van der Waals surface area contributed by atoms with Gasteiger partial charge in [0, 0.05) is 63.3 Å². The Morgan fingerprint density at radius 3 is 2.81 bits per heavy atom. The highest BCUT2D eigenvalue weighted by molar-refractivity contribution is 7.18. The van der Waals surface area contributed by atoms with E-state index in [0.717, 1.165) is 57.0 Å². The number of aryl methyl sites for hydroxylation is 1. The number of hydrogen-bond acceptors (Lipinski definition) is 11. The minimum Gasteiger partial charge on any atom is -0.491 e. The van der Waals surface area contributed by atoms with Crippen LogP contribution in [-0.2, 0) is 16.1 Å². The Hall–Kier alpha value is -4.54. The van der Waals surface area contributed by atoms with Crippen LogP contribution in [0.4, 0.5) is 0 Å². The van der Waals surface area contributed by atoms with E-state index < -0.39 is 5.97 Å². The molecule has 4 aromatic rings. The van der Waals surface area contributed by atoms with Crippen molar-refractivity contribution in [1.82, 2.24) is 20.2 Å². The number of thiophene rings is 1. The molecule has 0 amide bonds. The van der Waals surface area contributed by atoms with Crippen LogP contribution in [0.5, 0.6) is 11.6 Å². The molecule has 1 atom stereocenters. The van der Waals surface area contributed by atoms with Gasteiger partial charge in [0.05, 0.1) is 36.5 Å². The number of nitrogens with zero attached hydrogens (tertiary/aromatic N) is 4. The summed E-state index contributed by atoms with van der Waals surface area (Å²) < 4.78 is 17.4. The summed E-state index contributed by atoms with van der Waals surface area (Å²) in [6.07, 6.45) is 4.09. The van der Waals surface area contributed by atoms with Crippen LogP contribution in [0.15, 0.2) is 69.9 Å². The number of allylic oxidation sites excluding steroid dienone is 2. The molecule has 10 nitrogen and oxygen atoms in total. The van der Waals surface area contributed by atoms with Gasteiger partial charge in [-0.15, -0.1) is 11.3 Å². The molecule has 3 aromatic heterocycles. The maximum Gasteiger partial charge on any atom is 0.340 e. The largest absolute Gasteiger partial charge is 0.491 e. The van der Waals surface area contributed by atoms with Crippen molar-refractivity contribution >= 4 is 50.9 Å². The van der Waals surface area contributed by atoms with Gasteiger partial charge in [0.1, 0.15) is 23.9 Å². The molecule has 0 saturated heterocycles. The number of benzene rings is 1. The van der Waals surface area contributed by atoms with Crippen molar-refractivity contribution in [2.75, 3.05) is 27.4 Å². The van der Waals surface area contributed by atoms with Crippen LogP contribution in [0.2, 0.25) is 5.02 Å². The monoisotopic (exact) mass is 671 g/mol. The molecule has 1 aromatic carbocycles. The first kappa shape index (κ1) is 32.4. The Bertz CT molecular complexity index is 1960. The average Bonchev–Trinajstić information content (AvgIpc) is 3.51. The lowest BCUT2D eigenvalue weighted by molar-refractivity contribution is 0.0603. The molecular weight excluding hydrogens is 638 g/mol. The summed E-state index contributed by atoms with van der Waals surface area (Å²) in [6, 6.07) is 11.5. The van der Waals surface area contributed by atoms with E-state index in [1.165, 1.54) is 18.4 Å². The molecule has 2 aliphatic rings. The zero-order valence-corrected chi connectivity index (χ0v) is 28.1. The lowest BCUT2D eigenvalue weighted by atomic mass is 9.88. The molecule has 6 rings (SSSR count). The number of carbonyl (C=O) groups is 1. The van der Waals surface area contributed by atoms with Crippen LogP contribution in [0.3, 0.4) is 0 Å². The fourth-order valence-corrected chi connectivity index (χ4v) is 7.22. The number of esters is 1. The van der Waals surface area contributed by atoms with Crippen LogP contribution < -0.4 is 14.8 Å². The lowest BCUT2D eigenvalue weighted by Gasteiger charge is -2.35. The number of aliphatic imine (C=N–C) groups is 1. The molecule has 1 aliphatic carbocycles. The van der Waals surface area contributed by atoms with Gasteiger partial charge in [-0.25, -0.2) is 19.6 Å². The first-order valence-electron chi connectivity index (χ1n) is 15.2. The minimum absolute atomic E-state index is 0.178. The van der Waals surface area contributed by atoms with Crippen molar-refractivity contribution in [3.05, 3.63) is 86.8 Å². The topological polar surface area (TPSA) is 115 Å². The second kappa shape index (κ2) is 14.1. The van der Waals surface area contributed by atoms with Gasteiger partial charge in [0.15, 0.2) is 5.94 Å². The summed E-state index contributed by atoms with van der Waals surface area (Å²) in [5.74, 6) is 3.71. The molecule has 0 fully saturated rings. The van der Waals surface area contributed by atoms with Gasteiger partial charge in [-0.3, -0.25) is 4.98 Å². The van der Waals surface area contributed by atoms with E-state index >= 15 is 0 Å². The number of hydrogen-bond donors (Lipinski definition) is 1. The van der Waals surface area contributed by atoms with E-state index in [4.69, 9.17) is 30.8 Å². The molecule has 1 aliphatic heterocycles. The molecule has 47 heavy (non-hydrogen) atoms. The normalized spacial score (nSPS) is 16.1. The first-order chi connectivity index (χ1) is 22.8. The SMILES string of the molecule is COC(=O)c1csc2c(-c3cc(Cl)ccc3OCCN3C(=C=O)C4=C(CCC(NCc5ccnc(OC)c5)C4)N=C3C)cc(C)nc12. The highest BCUT2D eigenvalue weighted by Crippen LogP contribution is 2.41. The van der Waals surface area contributed by atoms with Crippen molar-refractivity contribution in [2.45, 2.75) is 45.7 Å². The summed E-state index contributed by atoms with van der Waals surface area (Å²) >= 11 is 7.88. The second-order valence-corrected chi connectivity index (χ2v) is 12.6. The Morgan fingerprint density at radius 2 is 2.02 bits per heavy atom. The third-order valence-electron chi connectivity index (χ3n) is 8.33. The van der Waals surface area contributed by atoms with Gasteiger partial charge < -0.3 is 24.4 Å².